The average Bonchev–Trinajstić information content (AvgIpc) is 2.25. The first kappa shape index (κ1) is 12.1. The van der Waals surface area contributed by atoms with Crippen molar-refractivity contribution in [2.75, 3.05) is 13.7 Å². The van der Waals surface area contributed by atoms with Crippen LogP contribution in [0.15, 0.2) is 18.5 Å². The van der Waals surface area contributed by atoms with Crippen LogP contribution in [0.4, 0.5) is 0 Å². The van der Waals surface area contributed by atoms with Gasteiger partial charge in [0.2, 0.25) is 0 Å². The van der Waals surface area contributed by atoms with E-state index in [9.17, 15) is 0 Å². The summed E-state index contributed by atoms with van der Waals surface area (Å²) in [7, 11) is 1.91. The van der Waals surface area contributed by atoms with Gasteiger partial charge >= 0.3 is 0 Å². The van der Waals surface area contributed by atoms with Crippen LogP contribution >= 0.6 is 0 Å². The number of nitrogens with zero attached hydrogens (tertiary/aromatic N) is 2. The van der Waals surface area contributed by atoms with E-state index in [0.29, 0.717) is 0 Å². The average molecular weight is 209 g/mol. The van der Waals surface area contributed by atoms with Crippen molar-refractivity contribution in [1.82, 2.24) is 15.3 Å². The van der Waals surface area contributed by atoms with Gasteiger partial charge in [-0.05, 0) is 33.4 Å². The summed E-state index contributed by atoms with van der Waals surface area (Å²) in [6.07, 6.45) is 4.68. The number of hydrogen-bond acceptors (Lipinski definition) is 4. The van der Waals surface area contributed by atoms with Crippen LogP contribution in [0.5, 0.6) is 0 Å². The molecule has 4 heteroatoms. The minimum Gasteiger partial charge on any atom is -0.379 e. The number of aromatic nitrogens is 2. The Kier molecular flexibility index (Phi) is 5.21. The summed E-state index contributed by atoms with van der Waals surface area (Å²) < 4.78 is 5.50. The van der Waals surface area contributed by atoms with E-state index < -0.39 is 0 Å². The van der Waals surface area contributed by atoms with Crippen LogP contribution in [0.25, 0.3) is 0 Å². The van der Waals surface area contributed by atoms with Crippen LogP contribution in [-0.4, -0.2) is 29.7 Å². The van der Waals surface area contributed by atoms with Crippen molar-refractivity contribution in [2.24, 2.45) is 0 Å². The summed E-state index contributed by atoms with van der Waals surface area (Å²) >= 11 is 0. The second-order valence-electron chi connectivity index (χ2n) is 3.66. The lowest BCUT2D eigenvalue weighted by Crippen LogP contribution is -2.21. The van der Waals surface area contributed by atoms with Crippen LogP contribution in [-0.2, 0) is 4.74 Å². The molecule has 1 rings (SSSR count). The van der Waals surface area contributed by atoms with Gasteiger partial charge in [0.25, 0.3) is 0 Å². The summed E-state index contributed by atoms with van der Waals surface area (Å²) in [5, 5.41) is 3.19. The highest BCUT2D eigenvalue weighted by Crippen LogP contribution is 2.10. The first-order valence-electron chi connectivity index (χ1n) is 5.29. The molecule has 0 amide bonds. The first-order valence-corrected chi connectivity index (χ1v) is 5.29. The standard InChI is InChI=1S/C11H19N3O/c1-9(2)15-8-5-10(12-3)11-13-6-4-7-14-11/h4,6-7,9-10,12H,5,8H2,1-3H3. The summed E-state index contributed by atoms with van der Waals surface area (Å²) in [6.45, 7) is 4.79. The molecule has 1 atom stereocenters. The van der Waals surface area contributed by atoms with E-state index in [1.165, 1.54) is 0 Å². The molecule has 0 radical (unpaired) electrons. The van der Waals surface area contributed by atoms with Crippen molar-refractivity contribution in [1.29, 1.82) is 0 Å². The quantitative estimate of drug-likeness (QED) is 0.772. The zero-order valence-corrected chi connectivity index (χ0v) is 9.60. The lowest BCUT2D eigenvalue weighted by molar-refractivity contribution is 0.0714. The minimum absolute atomic E-state index is 0.171. The first-order chi connectivity index (χ1) is 7.24. The smallest absolute Gasteiger partial charge is 0.145 e. The Morgan fingerprint density at radius 3 is 2.53 bits per heavy atom. The van der Waals surface area contributed by atoms with Gasteiger partial charge in [0.15, 0.2) is 0 Å². The van der Waals surface area contributed by atoms with Gasteiger partial charge in [-0.15, -0.1) is 0 Å². The van der Waals surface area contributed by atoms with Gasteiger partial charge in [0, 0.05) is 19.0 Å². The second kappa shape index (κ2) is 6.48. The van der Waals surface area contributed by atoms with Crippen LogP contribution in [0.2, 0.25) is 0 Å². The van der Waals surface area contributed by atoms with Crippen LogP contribution in [0.3, 0.4) is 0 Å². The van der Waals surface area contributed by atoms with Crippen LogP contribution in [0.1, 0.15) is 32.1 Å². The third kappa shape index (κ3) is 4.36. The molecular formula is C11H19N3O. The van der Waals surface area contributed by atoms with E-state index >= 15 is 0 Å². The van der Waals surface area contributed by atoms with E-state index in [4.69, 9.17) is 4.74 Å². The van der Waals surface area contributed by atoms with Crippen LogP contribution in [0, 0.1) is 0 Å². The Bertz CT molecular complexity index is 264. The molecule has 4 nitrogen and oxygen atoms in total. The van der Waals surface area contributed by atoms with Gasteiger partial charge in [-0.1, -0.05) is 0 Å². The van der Waals surface area contributed by atoms with Gasteiger partial charge in [0.05, 0.1) is 12.1 Å². The molecular weight excluding hydrogens is 190 g/mol. The molecule has 0 aromatic carbocycles. The van der Waals surface area contributed by atoms with Crippen molar-refractivity contribution in [3.63, 3.8) is 0 Å². The summed E-state index contributed by atoms with van der Waals surface area (Å²) in [5.41, 5.74) is 0. The second-order valence-corrected chi connectivity index (χ2v) is 3.66. The van der Waals surface area contributed by atoms with Crippen molar-refractivity contribution < 1.29 is 4.74 Å². The summed E-state index contributed by atoms with van der Waals surface area (Å²) in [6, 6.07) is 1.99. The molecule has 1 aromatic rings. The molecule has 0 fully saturated rings. The maximum atomic E-state index is 5.50. The van der Waals surface area contributed by atoms with Gasteiger partial charge in [-0.3, -0.25) is 0 Å². The monoisotopic (exact) mass is 209 g/mol. The Balaban J connectivity index is 2.43. The highest BCUT2D eigenvalue weighted by molar-refractivity contribution is 4.95. The van der Waals surface area contributed by atoms with Gasteiger partial charge in [-0.25, -0.2) is 9.97 Å². The van der Waals surface area contributed by atoms with Crippen molar-refractivity contribution in [3.05, 3.63) is 24.3 Å². The van der Waals surface area contributed by atoms with E-state index in [-0.39, 0.29) is 12.1 Å². The number of nitrogens with one attached hydrogen (secondary N) is 1. The molecule has 0 aliphatic heterocycles. The molecule has 1 unspecified atom stereocenters. The molecule has 0 aliphatic rings. The van der Waals surface area contributed by atoms with Crippen molar-refractivity contribution >= 4 is 0 Å². The van der Waals surface area contributed by atoms with E-state index in [2.05, 4.69) is 15.3 Å². The van der Waals surface area contributed by atoms with Crippen molar-refractivity contribution in [3.8, 4) is 0 Å². The molecule has 0 bridgehead atoms. The predicted molar refractivity (Wildman–Crippen MR) is 59.5 cm³/mol. The van der Waals surface area contributed by atoms with E-state index in [1.807, 2.05) is 27.0 Å². The zero-order valence-electron chi connectivity index (χ0n) is 9.60. The molecule has 0 aliphatic carbocycles. The minimum atomic E-state index is 0.171. The Morgan fingerprint density at radius 2 is 2.00 bits per heavy atom. The third-order valence-corrected chi connectivity index (χ3v) is 2.10. The summed E-state index contributed by atoms with van der Waals surface area (Å²) in [5.74, 6) is 0.826. The van der Waals surface area contributed by atoms with Gasteiger partial charge in [-0.2, -0.15) is 0 Å². The molecule has 0 saturated carbocycles. The maximum Gasteiger partial charge on any atom is 0.145 e. The van der Waals surface area contributed by atoms with Gasteiger partial charge < -0.3 is 10.1 Å². The topological polar surface area (TPSA) is 47.0 Å². The zero-order chi connectivity index (χ0) is 11.1. The normalized spacial score (nSPS) is 13.1. The van der Waals surface area contributed by atoms with E-state index in [1.54, 1.807) is 12.4 Å². The Labute approximate surface area is 91.1 Å². The molecule has 1 aromatic heterocycles. The summed E-state index contributed by atoms with van der Waals surface area (Å²) in [4.78, 5) is 8.44. The fourth-order valence-electron chi connectivity index (χ4n) is 1.31. The van der Waals surface area contributed by atoms with Gasteiger partial charge in [0.1, 0.15) is 5.82 Å². The highest BCUT2D eigenvalue weighted by Gasteiger charge is 2.11. The fourth-order valence-corrected chi connectivity index (χ4v) is 1.31. The molecule has 1 heterocycles. The molecule has 84 valence electrons. The molecule has 15 heavy (non-hydrogen) atoms. The number of ether oxygens (including phenoxy) is 1. The highest BCUT2D eigenvalue weighted by atomic mass is 16.5. The fraction of sp³-hybridized carbons (Fsp3) is 0.636. The maximum absolute atomic E-state index is 5.50. The third-order valence-electron chi connectivity index (χ3n) is 2.10. The Hall–Kier alpha value is -1.00. The lowest BCUT2D eigenvalue weighted by Gasteiger charge is -2.15. The SMILES string of the molecule is CNC(CCOC(C)C)c1ncccn1. The number of hydrogen-bond donors (Lipinski definition) is 1. The Morgan fingerprint density at radius 1 is 1.33 bits per heavy atom. The van der Waals surface area contributed by atoms with Crippen molar-refractivity contribution in [2.45, 2.75) is 32.4 Å². The lowest BCUT2D eigenvalue weighted by atomic mass is 10.2. The molecule has 0 spiro atoms. The molecule has 0 saturated heterocycles. The largest absolute Gasteiger partial charge is 0.379 e. The van der Waals surface area contributed by atoms with Crippen LogP contribution < -0.4 is 5.32 Å². The predicted octanol–water partition coefficient (Wildman–Crippen LogP) is 1.55. The molecule has 1 N–H and O–H groups in total. The number of rotatable bonds is 6. The van der Waals surface area contributed by atoms with E-state index in [0.717, 1.165) is 18.9 Å².